The molecule has 0 aromatic heterocycles. The number of hydrogen-bond acceptors (Lipinski definition) is 3. The smallest absolute Gasteiger partial charge is 0.371 e. The van der Waals surface area contributed by atoms with Gasteiger partial charge < -0.3 is 4.52 Å². The third kappa shape index (κ3) is 11.9. The van der Waals surface area contributed by atoms with Gasteiger partial charge >= 0.3 is 13.8 Å². The maximum Gasteiger partial charge on any atom is 0.526 e. The van der Waals surface area contributed by atoms with Gasteiger partial charge in [-0.25, -0.2) is 4.57 Å². The van der Waals surface area contributed by atoms with Crippen molar-refractivity contribution in [3.63, 3.8) is 0 Å². The summed E-state index contributed by atoms with van der Waals surface area (Å²) < 4.78 is 13.2. The Labute approximate surface area is 70.8 Å². The van der Waals surface area contributed by atoms with Crippen LogP contribution in [0.25, 0.3) is 0 Å². The first kappa shape index (κ1) is 12.2. The van der Waals surface area contributed by atoms with Crippen LogP contribution in [0, 0.1) is 0 Å². The van der Waals surface area contributed by atoms with E-state index in [1.165, 1.54) is 0 Å². The van der Waals surface area contributed by atoms with Crippen LogP contribution in [0.3, 0.4) is 0 Å². The number of phosphoric acid groups is 1. The van der Waals surface area contributed by atoms with E-state index in [0.29, 0.717) is 0 Å². The van der Waals surface area contributed by atoms with Crippen molar-refractivity contribution >= 4 is 13.8 Å². The zero-order valence-electron chi connectivity index (χ0n) is 4.57. The summed E-state index contributed by atoms with van der Waals surface area (Å²) in [5.74, 6) is -0.988. The third-order valence-electron chi connectivity index (χ3n) is 0.247. The average Bonchev–Trinajstić information content (AvgIpc) is 1.21. The molecule has 0 saturated carbocycles. The van der Waals surface area contributed by atoms with Crippen molar-refractivity contribution in [2.24, 2.45) is 0 Å². The molecule has 0 aromatic carbocycles. The summed E-state index contributed by atoms with van der Waals surface area (Å²) in [5, 5.41) is 0. The molecule has 0 radical (unpaired) electrons. The van der Waals surface area contributed by atoms with Crippen molar-refractivity contribution < 1.29 is 49.9 Å². The second kappa shape index (κ2) is 4.34. The fraction of sp³-hybridized carbons (Fsp3) is 0.500. The van der Waals surface area contributed by atoms with Crippen molar-refractivity contribution in [2.45, 2.75) is 6.92 Å². The van der Waals surface area contributed by atoms with E-state index < -0.39 is 13.8 Å². The van der Waals surface area contributed by atoms with Gasteiger partial charge in [0.15, 0.2) is 0 Å². The molecule has 0 aromatic rings. The molecule has 0 heterocycles. The quantitative estimate of drug-likeness (QED) is 0.602. The van der Waals surface area contributed by atoms with Gasteiger partial charge in [-0.15, -0.1) is 0 Å². The Bertz CT molecular complexity index is 138. The van der Waals surface area contributed by atoms with E-state index in [0.717, 1.165) is 6.92 Å². The first-order valence-electron chi connectivity index (χ1n) is 1.67. The van der Waals surface area contributed by atoms with Crippen LogP contribution in [0.2, 0.25) is 0 Å². The fourth-order valence-electron chi connectivity index (χ4n) is 0.167. The van der Waals surface area contributed by atoms with Gasteiger partial charge in [-0.05, 0) is 0 Å². The number of phosphoric ester groups is 1. The first-order valence-corrected chi connectivity index (χ1v) is 3.20. The summed E-state index contributed by atoms with van der Waals surface area (Å²) in [4.78, 5) is 25.5. The summed E-state index contributed by atoms with van der Waals surface area (Å²) in [7, 11) is -4.57. The molecular formula is C2H5O5PZr. The molecule has 7 heteroatoms. The predicted molar refractivity (Wildman–Crippen MR) is 23.8 cm³/mol. The normalized spacial score (nSPS) is 9.67. The molecule has 9 heavy (non-hydrogen) atoms. The maximum absolute atomic E-state index is 9.74. The molecule has 0 bridgehead atoms. The SMILES string of the molecule is CC(=O)OP(=O)(O)O.[Zr]. The second-order valence-electron chi connectivity index (χ2n) is 1.07. The molecule has 52 valence electrons. The Morgan fingerprint density at radius 2 is 1.89 bits per heavy atom. The standard InChI is InChI=1S/C2H5O5P.Zr/c1-2(3)7-8(4,5)6;/h1H3,(H2,4,5,6);. The van der Waals surface area contributed by atoms with E-state index in [-0.39, 0.29) is 26.2 Å². The Hall–Kier alpha value is 0.503. The second-order valence-corrected chi connectivity index (χ2v) is 2.24. The summed E-state index contributed by atoms with van der Waals surface area (Å²) in [5.41, 5.74) is 0. The van der Waals surface area contributed by atoms with Crippen LogP contribution in [-0.2, 0) is 40.1 Å². The molecule has 0 rings (SSSR count). The minimum Gasteiger partial charge on any atom is -0.371 e. The molecule has 0 unspecified atom stereocenters. The molecular weight excluding hydrogens is 226 g/mol. The Kier molecular flexibility index (Phi) is 5.88. The molecule has 0 aliphatic carbocycles. The topological polar surface area (TPSA) is 83.8 Å². The van der Waals surface area contributed by atoms with Crippen LogP contribution in [-0.4, -0.2) is 15.8 Å². The Morgan fingerprint density at radius 1 is 1.56 bits per heavy atom. The van der Waals surface area contributed by atoms with Crippen LogP contribution < -0.4 is 0 Å². The Balaban J connectivity index is 0. The monoisotopic (exact) mass is 230 g/mol. The fourth-order valence-corrected chi connectivity index (χ4v) is 0.502. The van der Waals surface area contributed by atoms with Crippen molar-refractivity contribution in [2.75, 3.05) is 0 Å². The molecule has 2 N–H and O–H groups in total. The minimum absolute atomic E-state index is 0. The van der Waals surface area contributed by atoms with Crippen LogP contribution in [0.4, 0.5) is 0 Å². The summed E-state index contributed by atoms with van der Waals surface area (Å²) in [6.45, 7) is 0.916. The summed E-state index contributed by atoms with van der Waals surface area (Å²) >= 11 is 0. The van der Waals surface area contributed by atoms with E-state index in [9.17, 15) is 9.36 Å². The Morgan fingerprint density at radius 3 is 1.89 bits per heavy atom. The van der Waals surface area contributed by atoms with E-state index in [4.69, 9.17) is 9.79 Å². The summed E-state index contributed by atoms with van der Waals surface area (Å²) in [6.07, 6.45) is 0. The van der Waals surface area contributed by atoms with E-state index >= 15 is 0 Å². The molecule has 0 aliphatic heterocycles. The average molecular weight is 231 g/mol. The number of hydrogen-bond donors (Lipinski definition) is 2. The molecule has 0 amide bonds. The van der Waals surface area contributed by atoms with Gasteiger partial charge in [-0.2, -0.15) is 0 Å². The van der Waals surface area contributed by atoms with Gasteiger partial charge in [-0.3, -0.25) is 14.6 Å². The molecule has 0 saturated heterocycles. The van der Waals surface area contributed by atoms with E-state index in [1.807, 2.05) is 0 Å². The number of rotatable bonds is 1. The molecule has 5 nitrogen and oxygen atoms in total. The van der Waals surface area contributed by atoms with Crippen molar-refractivity contribution in [3.8, 4) is 0 Å². The third-order valence-corrected chi connectivity index (χ3v) is 0.742. The van der Waals surface area contributed by atoms with Crippen LogP contribution in [0.1, 0.15) is 6.92 Å². The molecule has 0 aliphatic rings. The van der Waals surface area contributed by atoms with E-state index in [2.05, 4.69) is 4.52 Å². The number of carbonyl (C=O) groups is 1. The van der Waals surface area contributed by atoms with Crippen LogP contribution in [0.5, 0.6) is 0 Å². The minimum atomic E-state index is -4.57. The zero-order chi connectivity index (χ0) is 6.78. The van der Waals surface area contributed by atoms with E-state index in [1.54, 1.807) is 0 Å². The van der Waals surface area contributed by atoms with Crippen molar-refractivity contribution in [1.82, 2.24) is 0 Å². The van der Waals surface area contributed by atoms with Gasteiger partial charge in [0.05, 0.1) is 0 Å². The summed E-state index contributed by atoms with van der Waals surface area (Å²) in [6, 6.07) is 0. The largest absolute Gasteiger partial charge is 0.526 e. The van der Waals surface area contributed by atoms with Gasteiger partial charge in [0.2, 0.25) is 0 Å². The molecule has 0 fully saturated rings. The molecule has 0 spiro atoms. The zero-order valence-corrected chi connectivity index (χ0v) is 7.92. The first-order chi connectivity index (χ1) is 3.42. The van der Waals surface area contributed by atoms with Gasteiger partial charge in [0.25, 0.3) is 0 Å². The predicted octanol–water partition coefficient (Wildman–Crippen LogP) is -0.360. The van der Waals surface area contributed by atoms with Crippen molar-refractivity contribution in [1.29, 1.82) is 0 Å². The van der Waals surface area contributed by atoms with Gasteiger partial charge in [-0.1, -0.05) is 0 Å². The van der Waals surface area contributed by atoms with Crippen LogP contribution in [0.15, 0.2) is 0 Å². The maximum atomic E-state index is 9.74. The molecule has 0 atom stereocenters. The van der Waals surface area contributed by atoms with Gasteiger partial charge in [0.1, 0.15) is 0 Å². The van der Waals surface area contributed by atoms with Gasteiger partial charge in [0, 0.05) is 33.1 Å². The van der Waals surface area contributed by atoms with Crippen molar-refractivity contribution in [3.05, 3.63) is 0 Å². The number of carbonyl (C=O) groups excluding carboxylic acids is 1. The van der Waals surface area contributed by atoms with Crippen LogP contribution >= 0.6 is 7.82 Å².